The molecule has 1 fully saturated rings. The Bertz CT molecular complexity index is 253. The summed E-state index contributed by atoms with van der Waals surface area (Å²) in [5, 5.41) is 9.07. The quantitative estimate of drug-likeness (QED) is 0.688. The van der Waals surface area contributed by atoms with E-state index in [4.69, 9.17) is 5.11 Å². The van der Waals surface area contributed by atoms with E-state index < -0.39 is 5.97 Å². The second kappa shape index (κ2) is 4.63. The van der Waals surface area contributed by atoms with Gasteiger partial charge in [0.2, 0.25) is 0 Å². The second-order valence-electron chi connectivity index (χ2n) is 4.45. The first-order valence-electron chi connectivity index (χ1n) is 5.51. The molecule has 1 saturated carbocycles. The fourth-order valence-corrected chi connectivity index (χ4v) is 2.32. The van der Waals surface area contributed by atoms with Gasteiger partial charge in [-0.1, -0.05) is 26.3 Å². The van der Waals surface area contributed by atoms with E-state index in [0.717, 1.165) is 12.8 Å². The Labute approximate surface area is 86.0 Å². The summed E-state index contributed by atoms with van der Waals surface area (Å²) in [4.78, 5) is 11.0. The highest BCUT2D eigenvalue weighted by molar-refractivity contribution is 5.87. The van der Waals surface area contributed by atoms with Crippen molar-refractivity contribution in [3.63, 3.8) is 0 Å². The Kier molecular flexibility index (Phi) is 3.73. The third-order valence-corrected chi connectivity index (χ3v) is 3.26. The molecular weight excluding hydrogens is 176 g/mol. The lowest BCUT2D eigenvalue weighted by molar-refractivity contribution is -0.132. The minimum Gasteiger partial charge on any atom is -0.478 e. The first-order valence-corrected chi connectivity index (χ1v) is 5.51. The van der Waals surface area contributed by atoms with Crippen LogP contribution in [0.3, 0.4) is 0 Å². The molecule has 1 N–H and O–H groups in total. The Morgan fingerprint density at radius 2 is 2.07 bits per heavy atom. The molecule has 0 amide bonds. The molecule has 0 aromatic rings. The molecule has 0 aromatic carbocycles. The van der Waals surface area contributed by atoms with Crippen LogP contribution in [-0.4, -0.2) is 11.1 Å². The number of carboxylic acid groups (broad SMARTS) is 1. The van der Waals surface area contributed by atoms with Crippen molar-refractivity contribution in [1.82, 2.24) is 0 Å². The molecule has 0 spiro atoms. The van der Waals surface area contributed by atoms with E-state index in [1.165, 1.54) is 12.0 Å². The molecule has 0 bridgehead atoms. The van der Waals surface area contributed by atoms with E-state index in [2.05, 4.69) is 13.8 Å². The molecule has 2 unspecified atom stereocenters. The summed E-state index contributed by atoms with van der Waals surface area (Å²) in [5.74, 6) is 0.405. The highest BCUT2D eigenvalue weighted by Crippen LogP contribution is 2.35. The fraction of sp³-hybridized carbons (Fsp3) is 0.750. The van der Waals surface area contributed by atoms with Crippen molar-refractivity contribution in [1.29, 1.82) is 0 Å². The predicted molar refractivity (Wildman–Crippen MR) is 57.1 cm³/mol. The van der Waals surface area contributed by atoms with Gasteiger partial charge in [0.15, 0.2) is 0 Å². The van der Waals surface area contributed by atoms with Crippen LogP contribution in [0.25, 0.3) is 0 Å². The summed E-state index contributed by atoms with van der Waals surface area (Å²) < 4.78 is 0. The molecule has 0 radical (unpaired) electrons. The lowest BCUT2D eigenvalue weighted by Gasteiger charge is -2.28. The van der Waals surface area contributed by atoms with Gasteiger partial charge in [-0.2, -0.15) is 0 Å². The van der Waals surface area contributed by atoms with Gasteiger partial charge in [-0.15, -0.1) is 0 Å². The highest BCUT2D eigenvalue weighted by Gasteiger charge is 2.24. The van der Waals surface area contributed by atoms with E-state index in [1.54, 1.807) is 0 Å². The molecule has 14 heavy (non-hydrogen) atoms. The van der Waals surface area contributed by atoms with Crippen molar-refractivity contribution in [3.05, 3.63) is 11.1 Å². The highest BCUT2D eigenvalue weighted by atomic mass is 16.4. The van der Waals surface area contributed by atoms with Crippen molar-refractivity contribution in [3.8, 4) is 0 Å². The summed E-state index contributed by atoms with van der Waals surface area (Å²) >= 11 is 0. The van der Waals surface area contributed by atoms with E-state index >= 15 is 0 Å². The lowest BCUT2D eigenvalue weighted by atomic mass is 9.77. The van der Waals surface area contributed by atoms with Crippen LogP contribution in [0.4, 0.5) is 0 Å². The zero-order chi connectivity index (χ0) is 10.7. The maximum absolute atomic E-state index is 11.0. The van der Waals surface area contributed by atoms with Gasteiger partial charge < -0.3 is 5.11 Å². The largest absolute Gasteiger partial charge is 0.478 e. The molecule has 0 heterocycles. The van der Waals surface area contributed by atoms with Gasteiger partial charge in [-0.25, -0.2) is 4.79 Å². The number of carbonyl (C=O) groups is 1. The molecule has 0 aromatic heterocycles. The molecule has 0 saturated heterocycles. The monoisotopic (exact) mass is 196 g/mol. The summed E-state index contributed by atoms with van der Waals surface area (Å²) in [6, 6.07) is 0. The Morgan fingerprint density at radius 1 is 1.43 bits per heavy atom. The Balaban J connectivity index is 2.94. The lowest BCUT2D eigenvalue weighted by Crippen LogP contribution is -2.17. The third kappa shape index (κ3) is 2.37. The molecule has 1 aliphatic rings. The smallest absolute Gasteiger partial charge is 0.331 e. The Hall–Kier alpha value is -0.790. The van der Waals surface area contributed by atoms with E-state index in [9.17, 15) is 4.79 Å². The number of aliphatic carboxylic acids is 1. The van der Waals surface area contributed by atoms with Gasteiger partial charge in [-0.05, 0) is 37.5 Å². The van der Waals surface area contributed by atoms with Gasteiger partial charge in [0, 0.05) is 5.57 Å². The van der Waals surface area contributed by atoms with Crippen LogP contribution in [0, 0.1) is 11.8 Å². The number of hydrogen-bond donors (Lipinski definition) is 1. The predicted octanol–water partition coefficient (Wildman–Crippen LogP) is 3.23. The van der Waals surface area contributed by atoms with Crippen molar-refractivity contribution < 1.29 is 9.90 Å². The van der Waals surface area contributed by atoms with Crippen molar-refractivity contribution >= 4 is 5.97 Å². The van der Waals surface area contributed by atoms with Gasteiger partial charge in [-0.3, -0.25) is 0 Å². The summed E-state index contributed by atoms with van der Waals surface area (Å²) in [6.45, 7) is 6.29. The van der Waals surface area contributed by atoms with Crippen LogP contribution in [0.2, 0.25) is 0 Å². The average Bonchev–Trinajstić information content (AvgIpc) is 2.11. The Morgan fingerprint density at radius 3 is 2.57 bits per heavy atom. The number of allylic oxidation sites excluding steroid dienone is 1. The minimum atomic E-state index is -0.719. The average molecular weight is 196 g/mol. The third-order valence-electron chi connectivity index (χ3n) is 3.26. The van der Waals surface area contributed by atoms with Gasteiger partial charge in [0.25, 0.3) is 0 Å². The van der Waals surface area contributed by atoms with E-state index in [1.807, 2.05) is 6.92 Å². The molecule has 2 nitrogen and oxygen atoms in total. The van der Waals surface area contributed by atoms with E-state index in [-0.39, 0.29) is 0 Å². The van der Waals surface area contributed by atoms with Crippen LogP contribution >= 0.6 is 0 Å². The van der Waals surface area contributed by atoms with E-state index in [0.29, 0.717) is 23.8 Å². The maximum Gasteiger partial charge on any atom is 0.331 e. The standard InChI is InChI=1S/C12H20O2/c1-4-10(12(13)14)11-7-8(2)5-6-9(11)3/h8-9H,4-7H2,1-3H3,(H,13,14)/b11-10+. The first-order chi connectivity index (χ1) is 6.56. The molecule has 80 valence electrons. The number of carboxylic acids is 1. The van der Waals surface area contributed by atoms with Crippen LogP contribution in [0.5, 0.6) is 0 Å². The van der Waals surface area contributed by atoms with Crippen LogP contribution in [0.1, 0.15) is 46.5 Å². The summed E-state index contributed by atoms with van der Waals surface area (Å²) in [6.07, 6.45) is 4.02. The number of rotatable bonds is 2. The fourth-order valence-electron chi connectivity index (χ4n) is 2.32. The van der Waals surface area contributed by atoms with Crippen LogP contribution < -0.4 is 0 Å². The van der Waals surface area contributed by atoms with Crippen LogP contribution in [0.15, 0.2) is 11.1 Å². The van der Waals surface area contributed by atoms with Crippen LogP contribution in [-0.2, 0) is 4.79 Å². The molecular formula is C12H20O2. The van der Waals surface area contributed by atoms with Crippen molar-refractivity contribution in [2.75, 3.05) is 0 Å². The molecule has 0 aliphatic heterocycles. The second-order valence-corrected chi connectivity index (χ2v) is 4.45. The molecule has 2 atom stereocenters. The van der Waals surface area contributed by atoms with Gasteiger partial charge >= 0.3 is 5.97 Å². The maximum atomic E-state index is 11.0. The minimum absolute atomic E-state index is 0.470. The van der Waals surface area contributed by atoms with Crippen molar-refractivity contribution in [2.24, 2.45) is 11.8 Å². The molecule has 2 heteroatoms. The summed E-state index contributed by atoms with van der Waals surface area (Å²) in [7, 11) is 0. The van der Waals surface area contributed by atoms with Gasteiger partial charge in [0.05, 0.1) is 0 Å². The zero-order valence-electron chi connectivity index (χ0n) is 9.34. The zero-order valence-corrected chi connectivity index (χ0v) is 9.34. The summed E-state index contributed by atoms with van der Waals surface area (Å²) in [5.41, 5.74) is 1.85. The van der Waals surface area contributed by atoms with Crippen molar-refractivity contribution in [2.45, 2.75) is 46.5 Å². The topological polar surface area (TPSA) is 37.3 Å². The SMILES string of the molecule is CC/C(C(=O)O)=C1/CC(C)CCC1C. The first kappa shape index (κ1) is 11.3. The van der Waals surface area contributed by atoms with Gasteiger partial charge in [0.1, 0.15) is 0 Å². The normalized spacial score (nSPS) is 31.4. The molecule has 1 aliphatic carbocycles. The molecule has 1 rings (SSSR count). The number of hydrogen-bond acceptors (Lipinski definition) is 1.